The highest BCUT2D eigenvalue weighted by molar-refractivity contribution is 7.91. The number of aliphatic hydroxyl groups excluding tert-OH is 1. The van der Waals surface area contributed by atoms with E-state index in [2.05, 4.69) is 5.32 Å². The number of amides is 2. The van der Waals surface area contributed by atoms with E-state index in [1.54, 1.807) is 29.2 Å². The Balaban J connectivity index is 1.61. The third-order valence-corrected chi connectivity index (χ3v) is 6.78. The maximum absolute atomic E-state index is 12.7. The molecule has 3 rings (SSSR count). The number of nitrogens with zero attached hydrogens (tertiary/aromatic N) is 1. The highest BCUT2D eigenvalue weighted by Gasteiger charge is 2.37. The summed E-state index contributed by atoms with van der Waals surface area (Å²) in [6.45, 7) is 0.447. The van der Waals surface area contributed by atoms with Gasteiger partial charge < -0.3 is 15.3 Å². The van der Waals surface area contributed by atoms with Gasteiger partial charge in [0.2, 0.25) is 5.91 Å². The van der Waals surface area contributed by atoms with Crippen molar-refractivity contribution in [1.82, 2.24) is 10.2 Å². The molecule has 1 aromatic rings. The van der Waals surface area contributed by atoms with E-state index in [1.807, 2.05) is 6.07 Å². The van der Waals surface area contributed by atoms with Crippen LogP contribution in [0.2, 0.25) is 0 Å². The zero-order valence-electron chi connectivity index (χ0n) is 14.5. The van der Waals surface area contributed by atoms with Gasteiger partial charge in [-0.2, -0.15) is 0 Å². The molecule has 0 bridgehead atoms. The SMILES string of the molecule is O=C(N[C@@H]1C[C@@H](C(=O)N2CCS(=O)(=O)CC2)CC[C@H]1O)c1ccccc1. The van der Waals surface area contributed by atoms with Crippen molar-refractivity contribution in [2.24, 2.45) is 5.92 Å². The minimum atomic E-state index is -3.04. The molecule has 7 nitrogen and oxygen atoms in total. The first-order chi connectivity index (χ1) is 12.4. The monoisotopic (exact) mass is 380 g/mol. The van der Waals surface area contributed by atoms with Crippen molar-refractivity contribution in [1.29, 1.82) is 0 Å². The molecule has 8 heteroatoms. The first kappa shape index (κ1) is 18.8. The molecule has 1 heterocycles. The van der Waals surface area contributed by atoms with Crippen LogP contribution in [0.4, 0.5) is 0 Å². The average molecular weight is 380 g/mol. The van der Waals surface area contributed by atoms with Crippen molar-refractivity contribution >= 4 is 21.7 Å². The number of aliphatic hydroxyl groups is 1. The van der Waals surface area contributed by atoms with Gasteiger partial charge in [-0.1, -0.05) is 18.2 Å². The first-order valence-corrected chi connectivity index (χ1v) is 10.7. The van der Waals surface area contributed by atoms with Gasteiger partial charge in [0, 0.05) is 24.6 Å². The van der Waals surface area contributed by atoms with Crippen LogP contribution in [-0.4, -0.2) is 67.0 Å². The zero-order valence-corrected chi connectivity index (χ0v) is 15.3. The van der Waals surface area contributed by atoms with Gasteiger partial charge in [-0.05, 0) is 31.4 Å². The quantitative estimate of drug-likeness (QED) is 0.780. The van der Waals surface area contributed by atoms with Crippen LogP contribution in [0, 0.1) is 5.92 Å². The maximum atomic E-state index is 12.7. The minimum Gasteiger partial charge on any atom is -0.391 e. The number of hydrogen-bond acceptors (Lipinski definition) is 5. The van der Waals surface area contributed by atoms with Gasteiger partial charge in [-0.3, -0.25) is 9.59 Å². The fourth-order valence-electron chi connectivity index (χ4n) is 3.57. The molecule has 3 atom stereocenters. The summed E-state index contributed by atoms with van der Waals surface area (Å²) in [5.41, 5.74) is 0.509. The van der Waals surface area contributed by atoms with Crippen molar-refractivity contribution in [3.8, 4) is 0 Å². The number of sulfone groups is 1. The molecule has 1 aromatic carbocycles. The predicted molar refractivity (Wildman–Crippen MR) is 96.3 cm³/mol. The van der Waals surface area contributed by atoms with Crippen LogP contribution in [-0.2, 0) is 14.6 Å². The number of benzene rings is 1. The van der Waals surface area contributed by atoms with Crippen molar-refractivity contribution in [2.75, 3.05) is 24.6 Å². The van der Waals surface area contributed by atoms with Gasteiger partial charge in [-0.25, -0.2) is 8.42 Å². The number of carbonyl (C=O) groups excluding carboxylic acids is 2. The minimum absolute atomic E-state index is 0.00224. The summed E-state index contributed by atoms with van der Waals surface area (Å²) in [6.07, 6.45) is 0.652. The second-order valence-corrected chi connectivity index (χ2v) is 9.30. The van der Waals surface area contributed by atoms with Crippen molar-refractivity contribution in [2.45, 2.75) is 31.4 Å². The molecule has 2 aliphatic rings. The molecule has 1 saturated carbocycles. The van der Waals surface area contributed by atoms with Crippen molar-refractivity contribution in [3.63, 3.8) is 0 Å². The van der Waals surface area contributed by atoms with E-state index in [4.69, 9.17) is 0 Å². The molecule has 2 fully saturated rings. The smallest absolute Gasteiger partial charge is 0.251 e. The van der Waals surface area contributed by atoms with Crippen molar-refractivity contribution in [3.05, 3.63) is 35.9 Å². The van der Waals surface area contributed by atoms with Crippen LogP contribution in [0.1, 0.15) is 29.6 Å². The summed E-state index contributed by atoms with van der Waals surface area (Å²) in [5, 5.41) is 13.1. The molecule has 0 radical (unpaired) electrons. The molecule has 1 aliphatic heterocycles. The van der Waals surface area contributed by atoms with E-state index < -0.39 is 22.0 Å². The largest absolute Gasteiger partial charge is 0.391 e. The summed E-state index contributed by atoms with van der Waals surface area (Å²) >= 11 is 0. The fourth-order valence-corrected chi connectivity index (χ4v) is 4.77. The molecule has 1 aliphatic carbocycles. The second kappa shape index (κ2) is 7.75. The van der Waals surface area contributed by atoms with Gasteiger partial charge in [-0.15, -0.1) is 0 Å². The van der Waals surface area contributed by atoms with E-state index in [9.17, 15) is 23.1 Å². The van der Waals surface area contributed by atoms with E-state index >= 15 is 0 Å². The first-order valence-electron chi connectivity index (χ1n) is 8.89. The molecule has 26 heavy (non-hydrogen) atoms. The Morgan fingerprint density at radius 2 is 1.73 bits per heavy atom. The summed E-state index contributed by atoms with van der Waals surface area (Å²) in [7, 11) is -3.04. The highest BCUT2D eigenvalue weighted by Crippen LogP contribution is 2.27. The van der Waals surface area contributed by atoms with E-state index in [1.165, 1.54) is 0 Å². The Hall–Kier alpha value is -1.93. The topological polar surface area (TPSA) is 104 Å². The maximum Gasteiger partial charge on any atom is 0.251 e. The fraction of sp³-hybridized carbons (Fsp3) is 0.556. The summed E-state index contributed by atoms with van der Waals surface area (Å²) in [6, 6.07) is 8.26. The summed E-state index contributed by atoms with van der Waals surface area (Å²) in [5.74, 6) is -0.650. The molecule has 142 valence electrons. The van der Waals surface area contributed by atoms with E-state index in [0.717, 1.165) is 0 Å². The Morgan fingerprint density at radius 1 is 1.08 bits per heavy atom. The Labute approximate surface area is 153 Å². The molecular formula is C18H24N2O5S. The van der Waals surface area contributed by atoms with Gasteiger partial charge in [0.05, 0.1) is 23.7 Å². The van der Waals surface area contributed by atoms with E-state index in [0.29, 0.717) is 24.8 Å². The highest BCUT2D eigenvalue weighted by atomic mass is 32.2. The Bertz CT molecular complexity index is 751. The lowest BCUT2D eigenvalue weighted by Crippen LogP contribution is -2.52. The number of nitrogens with one attached hydrogen (secondary N) is 1. The molecule has 0 spiro atoms. The van der Waals surface area contributed by atoms with Gasteiger partial charge in [0.15, 0.2) is 9.84 Å². The third kappa shape index (κ3) is 4.42. The normalized spacial score (nSPS) is 28.3. The predicted octanol–water partition coefficient (Wildman–Crippen LogP) is 0.203. The number of rotatable bonds is 3. The molecule has 1 saturated heterocycles. The second-order valence-electron chi connectivity index (χ2n) is 7.00. The van der Waals surface area contributed by atoms with Crippen LogP contribution >= 0.6 is 0 Å². The van der Waals surface area contributed by atoms with Crippen LogP contribution in [0.25, 0.3) is 0 Å². The summed E-state index contributed by atoms with van der Waals surface area (Å²) < 4.78 is 23.1. The Morgan fingerprint density at radius 3 is 2.38 bits per heavy atom. The van der Waals surface area contributed by atoms with Crippen molar-refractivity contribution < 1.29 is 23.1 Å². The summed E-state index contributed by atoms with van der Waals surface area (Å²) in [4.78, 5) is 26.6. The molecule has 0 aromatic heterocycles. The Kier molecular flexibility index (Phi) is 5.62. The van der Waals surface area contributed by atoms with Crippen LogP contribution in [0.5, 0.6) is 0 Å². The van der Waals surface area contributed by atoms with Gasteiger partial charge >= 0.3 is 0 Å². The van der Waals surface area contributed by atoms with Crippen LogP contribution < -0.4 is 5.32 Å². The molecule has 2 amide bonds. The lowest BCUT2D eigenvalue weighted by atomic mass is 9.82. The number of carbonyl (C=O) groups is 2. The average Bonchev–Trinajstić information content (AvgIpc) is 2.63. The van der Waals surface area contributed by atoms with Gasteiger partial charge in [0.1, 0.15) is 0 Å². The third-order valence-electron chi connectivity index (χ3n) is 5.17. The van der Waals surface area contributed by atoms with Gasteiger partial charge in [0.25, 0.3) is 5.91 Å². The molecule has 2 N–H and O–H groups in total. The van der Waals surface area contributed by atoms with Crippen LogP contribution in [0.3, 0.4) is 0 Å². The number of hydrogen-bond donors (Lipinski definition) is 2. The van der Waals surface area contributed by atoms with Crippen LogP contribution in [0.15, 0.2) is 30.3 Å². The molecular weight excluding hydrogens is 356 g/mol. The van der Waals surface area contributed by atoms with E-state index in [-0.39, 0.29) is 42.3 Å². The molecule has 0 unspecified atom stereocenters. The standard InChI is InChI=1S/C18H24N2O5S/c21-16-7-6-14(18(23)20-8-10-26(24,25)11-9-20)12-15(16)19-17(22)13-4-2-1-3-5-13/h1-5,14-16,21H,6-12H2,(H,19,22)/t14-,15+,16+/m0/s1. The lowest BCUT2D eigenvalue weighted by Gasteiger charge is -2.36. The zero-order chi connectivity index (χ0) is 18.7. The lowest BCUT2D eigenvalue weighted by molar-refractivity contribution is -0.137.